The molecule has 2 aromatic rings. The molecule has 0 aromatic heterocycles. The first-order valence-corrected chi connectivity index (χ1v) is 10.3. The maximum Gasteiger partial charge on any atom is 0.133 e. The van der Waals surface area contributed by atoms with Crippen LogP contribution in [0.2, 0.25) is 0 Å². The minimum atomic E-state index is -0.889. The zero-order valence-electron chi connectivity index (χ0n) is 15.9. The van der Waals surface area contributed by atoms with Gasteiger partial charge >= 0.3 is 0 Å². The molecule has 0 aliphatic heterocycles. The van der Waals surface area contributed by atoms with Gasteiger partial charge in [0, 0.05) is 5.41 Å². The van der Waals surface area contributed by atoms with E-state index < -0.39 is 12.2 Å². The molecule has 3 N–H and O–H groups in total. The van der Waals surface area contributed by atoms with Crippen molar-refractivity contribution in [3.8, 4) is 11.5 Å². The lowest BCUT2D eigenvalue weighted by Crippen LogP contribution is -2.21. The molecule has 28 heavy (non-hydrogen) atoms. The topological polar surface area (TPSA) is 79.2 Å². The van der Waals surface area contributed by atoms with E-state index in [0.29, 0.717) is 11.5 Å². The minimum absolute atomic E-state index is 0.0477. The Morgan fingerprint density at radius 2 is 1.57 bits per heavy atom. The fraction of sp³-hybridized carbons (Fsp3) is 0.429. The molecule has 0 heterocycles. The molecule has 154 valence electrons. The maximum absolute atomic E-state index is 9.54. The van der Waals surface area contributed by atoms with Gasteiger partial charge in [-0.15, -0.1) is 11.6 Å². The summed E-state index contributed by atoms with van der Waals surface area (Å²) in [6.45, 7) is 4.10. The molecule has 0 aliphatic rings. The molecule has 0 saturated carbocycles. The molecule has 2 rings (SSSR count). The Hall–Kier alpha value is -1.31. The molecule has 0 amide bonds. The first-order valence-electron chi connectivity index (χ1n) is 8.97. The standard InChI is InChI=1S/C21H26BrClO5/c1-21(2,14-3-6-18(7-4-14)27-13-17(26)11-24)15-5-8-20(19(22)9-15)28-12-16(25)10-23/h3-9,16-17,24-26H,10-13H2,1-2H3/t16-,17-/m0/s1. The number of alkyl halides is 1. The fourth-order valence-corrected chi connectivity index (χ4v) is 3.20. The smallest absolute Gasteiger partial charge is 0.133 e. The molecular formula is C21H26BrClO5. The molecule has 0 spiro atoms. The third-order valence-corrected chi connectivity index (χ3v) is 5.47. The Morgan fingerprint density at radius 1 is 0.964 bits per heavy atom. The van der Waals surface area contributed by atoms with Crippen LogP contribution in [-0.4, -0.2) is 53.2 Å². The van der Waals surface area contributed by atoms with Crippen molar-refractivity contribution in [1.82, 2.24) is 0 Å². The number of ether oxygens (including phenoxy) is 2. The van der Waals surface area contributed by atoms with Crippen molar-refractivity contribution in [2.24, 2.45) is 0 Å². The van der Waals surface area contributed by atoms with Crippen molar-refractivity contribution in [3.63, 3.8) is 0 Å². The van der Waals surface area contributed by atoms with Crippen LogP contribution in [0, 0.1) is 0 Å². The van der Waals surface area contributed by atoms with E-state index in [0.717, 1.165) is 15.6 Å². The van der Waals surface area contributed by atoms with Crippen LogP contribution < -0.4 is 9.47 Å². The average Bonchev–Trinajstić information content (AvgIpc) is 2.70. The quantitative estimate of drug-likeness (QED) is 0.460. The van der Waals surface area contributed by atoms with Crippen LogP contribution in [0.3, 0.4) is 0 Å². The minimum Gasteiger partial charge on any atom is -0.491 e. The Morgan fingerprint density at radius 3 is 2.14 bits per heavy atom. The van der Waals surface area contributed by atoms with Crippen LogP contribution in [-0.2, 0) is 5.41 Å². The number of halogens is 2. The second-order valence-corrected chi connectivity index (χ2v) is 8.22. The van der Waals surface area contributed by atoms with E-state index in [9.17, 15) is 10.2 Å². The van der Waals surface area contributed by atoms with Gasteiger partial charge in [0.25, 0.3) is 0 Å². The zero-order chi connectivity index (χ0) is 20.7. The molecular weight excluding hydrogens is 448 g/mol. The van der Waals surface area contributed by atoms with Gasteiger partial charge in [0.1, 0.15) is 36.9 Å². The number of aliphatic hydroxyl groups excluding tert-OH is 3. The lowest BCUT2D eigenvalue weighted by Gasteiger charge is -2.27. The SMILES string of the molecule is CC(C)(c1ccc(OC[C@@H](O)CO)cc1)c1ccc(OC[C@@H](O)CCl)c(Br)c1. The van der Waals surface area contributed by atoms with Gasteiger partial charge in [-0.3, -0.25) is 0 Å². The van der Waals surface area contributed by atoms with Gasteiger partial charge in [0.05, 0.1) is 17.0 Å². The third-order valence-electron chi connectivity index (χ3n) is 4.49. The highest BCUT2D eigenvalue weighted by Crippen LogP contribution is 2.36. The molecule has 0 radical (unpaired) electrons. The molecule has 5 nitrogen and oxygen atoms in total. The lowest BCUT2D eigenvalue weighted by atomic mass is 9.78. The van der Waals surface area contributed by atoms with Gasteiger partial charge in [-0.25, -0.2) is 0 Å². The third kappa shape index (κ3) is 6.09. The number of rotatable bonds is 10. The maximum atomic E-state index is 9.54. The molecule has 0 fully saturated rings. The molecule has 2 aromatic carbocycles. The number of benzene rings is 2. The Labute approximate surface area is 179 Å². The van der Waals surface area contributed by atoms with Gasteiger partial charge in [0.15, 0.2) is 0 Å². The van der Waals surface area contributed by atoms with E-state index in [1.54, 1.807) is 0 Å². The van der Waals surface area contributed by atoms with E-state index in [1.807, 2.05) is 42.5 Å². The summed E-state index contributed by atoms with van der Waals surface area (Å²) in [7, 11) is 0. The highest BCUT2D eigenvalue weighted by molar-refractivity contribution is 9.10. The largest absolute Gasteiger partial charge is 0.491 e. The molecule has 0 aliphatic carbocycles. The molecule has 0 saturated heterocycles. The van der Waals surface area contributed by atoms with Crippen LogP contribution in [0.15, 0.2) is 46.9 Å². The summed E-state index contributed by atoms with van der Waals surface area (Å²) in [4.78, 5) is 0. The van der Waals surface area contributed by atoms with Crippen molar-refractivity contribution >= 4 is 27.5 Å². The van der Waals surface area contributed by atoms with Crippen molar-refractivity contribution < 1.29 is 24.8 Å². The highest BCUT2D eigenvalue weighted by Gasteiger charge is 2.24. The number of hydrogen-bond acceptors (Lipinski definition) is 5. The van der Waals surface area contributed by atoms with Crippen molar-refractivity contribution in [3.05, 3.63) is 58.1 Å². The summed E-state index contributed by atoms with van der Waals surface area (Å²) < 4.78 is 11.9. The normalized spacial score (nSPS) is 13.8. The second-order valence-electron chi connectivity index (χ2n) is 7.06. The van der Waals surface area contributed by atoms with Crippen molar-refractivity contribution in [2.75, 3.05) is 25.7 Å². The van der Waals surface area contributed by atoms with E-state index in [-0.39, 0.29) is 31.1 Å². The molecule has 2 atom stereocenters. The first kappa shape index (κ1) is 23.0. The Balaban J connectivity index is 2.11. The van der Waals surface area contributed by atoms with Gasteiger partial charge in [0.2, 0.25) is 0 Å². The van der Waals surface area contributed by atoms with Crippen LogP contribution in [0.5, 0.6) is 11.5 Å². The van der Waals surface area contributed by atoms with Crippen molar-refractivity contribution in [2.45, 2.75) is 31.5 Å². The summed E-state index contributed by atoms with van der Waals surface area (Å²) in [5.74, 6) is 1.41. The predicted octanol–water partition coefficient (Wildman–Crippen LogP) is 3.49. The summed E-state index contributed by atoms with van der Waals surface area (Å²) in [5, 5.41) is 27.8. The zero-order valence-corrected chi connectivity index (χ0v) is 18.3. The Kier molecular flexibility index (Phi) is 8.58. The second kappa shape index (κ2) is 10.5. The van der Waals surface area contributed by atoms with Gasteiger partial charge in [-0.1, -0.05) is 32.0 Å². The summed E-state index contributed by atoms with van der Waals surface area (Å²) in [5.41, 5.74) is 1.93. The lowest BCUT2D eigenvalue weighted by molar-refractivity contribution is 0.0536. The molecule has 0 unspecified atom stereocenters. The highest BCUT2D eigenvalue weighted by atomic mass is 79.9. The van der Waals surface area contributed by atoms with E-state index >= 15 is 0 Å². The Bertz CT molecular complexity index is 751. The predicted molar refractivity (Wildman–Crippen MR) is 114 cm³/mol. The summed E-state index contributed by atoms with van der Waals surface area (Å²) in [6, 6.07) is 13.5. The van der Waals surface area contributed by atoms with Crippen LogP contribution in [0.1, 0.15) is 25.0 Å². The molecule has 0 bridgehead atoms. The van der Waals surface area contributed by atoms with E-state index in [1.165, 1.54) is 0 Å². The average molecular weight is 474 g/mol. The number of aliphatic hydroxyl groups is 3. The van der Waals surface area contributed by atoms with Gasteiger partial charge in [-0.2, -0.15) is 0 Å². The van der Waals surface area contributed by atoms with Crippen LogP contribution >= 0.6 is 27.5 Å². The van der Waals surface area contributed by atoms with Crippen molar-refractivity contribution in [1.29, 1.82) is 0 Å². The van der Waals surface area contributed by atoms with Crippen LogP contribution in [0.25, 0.3) is 0 Å². The van der Waals surface area contributed by atoms with Gasteiger partial charge < -0.3 is 24.8 Å². The summed E-state index contributed by atoms with van der Waals surface area (Å²) >= 11 is 9.12. The summed E-state index contributed by atoms with van der Waals surface area (Å²) in [6.07, 6.45) is -1.59. The van der Waals surface area contributed by atoms with E-state index in [4.69, 9.17) is 26.2 Å². The van der Waals surface area contributed by atoms with E-state index in [2.05, 4.69) is 29.8 Å². The first-order chi connectivity index (χ1) is 13.3. The van der Waals surface area contributed by atoms with Crippen LogP contribution in [0.4, 0.5) is 0 Å². The fourth-order valence-electron chi connectivity index (χ4n) is 2.62. The van der Waals surface area contributed by atoms with Gasteiger partial charge in [-0.05, 0) is 51.3 Å². The monoisotopic (exact) mass is 472 g/mol. The number of hydrogen-bond donors (Lipinski definition) is 3. The molecule has 7 heteroatoms.